The van der Waals surface area contributed by atoms with Crippen molar-refractivity contribution in [3.8, 4) is 0 Å². The highest BCUT2D eigenvalue weighted by Gasteiger charge is 2.68. The predicted octanol–water partition coefficient (Wildman–Crippen LogP) is 5.04. The van der Waals surface area contributed by atoms with Gasteiger partial charge in [-0.2, -0.15) is 0 Å². The Kier molecular flexibility index (Phi) is 5.12. The van der Waals surface area contributed by atoms with Crippen LogP contribution in [0.4, 0.5) is 0 Å². The highest BCUT2D eigenvalue weighted by atomic mass is 35.5. The van der Waals surface area contributed by atoms with Crippen LogP contribution in [0.25, 0.3) is 0 Å². The molecule has 3 saturated carbocycles. The minimum absolute atomic E-state index is 0.0342. The van der Waals surface area contributed by atoms with Crippen molar-refractivity contribution in [2.45, 2.75) is 71.8 Å². The molecule has 3 fully saturated rings. The molecule has 4 aliphatic carbocycles. The fourth-order valence-corrected chi connectivity index (χ4v) is 8.22. The predicted molar refractivity (Wildman–Crippen MR) is 116 cm³/mol. The third-order valence-electron chi connectivity index (χ3n) is 9.29. The molecule has 0 N–H and O–H groups in total. The molecule has 7 atom stereocenters. The lowest BCUT2D eigenvalue weighted by molar-refractivity contribution is -0.186. The Morgan fingerprint density at radius 3 is 2.47 bits per heavy atom. The van der Waals surface area contributed by atoms with Crippen molar-refractivity contribution in [1.29, 1.82) is 0 Å². The van der Waals surface area contributed by atoms with Crippen LogP contribution < -0.4 is 0 Å². The number of carbonyl (C=O) groups is 3. The highest BCUT2D eigenvalue weighted by Crippen LogP contribution is 2.69. The molecule has 0 spiro atoms. The van der Waals surface area contributed by atoms with Crippen LogP contribution in [0.15, 0.2) is 23.8 Å². The molecule has 1 unspecified atom stereocenters. The molecule has 0 aliphatic heterocycles. The highest BCUT2D eigenvalue weighted by molar-refractivity contribution is 6.20. The topological polar surface area (TPSA) is 60.4 Å². The van der Waals surface area contributed by atoms with E-state index in [0.717, 1.165) is 43.3 Å². The van der Waals surface area contributed by atoms with Crippen molar-refractivity contribution >= 4 is 29.1 Å². The second kappa shape index (κ2) is 7.05. The number of allylic oxidation sites excluding steroid dienone is 2. The monoisotopic (exact) mass is 432 g/mol. The lowest BCUT2D eigenvalue weighted by Crippen LogP contribution is -2.59. The molecular weight excluding hydrogens is 400 g/mol. The second-order valence-corrected chi connectivity index (χ2v) is 10.9. The molecule has 4 rings (SSSR count). The molecule has 0 aromatic heterocycles. The number of Topliss-reactive ketones (excluding diaryl/α,β-unsaturated/α-hetero) is 1. The molecule has 4 aliphatic rings. The number of fused-ring (bicyclic) bond motifs is 5. The van der Waals surface area contributed by atoms with Crippen molar-refractivity contribution < 1.29 is 19.1 Å². The van der Waals surface area contributed by atoms with Gasteiger partial charge in [0, 0.05) is 24.1 Å². The summed E-state index contributed by atoms with van der Waals surface area (Å²) in [5, 5.41) is 0. The Hall–Kier alpha value is -1.42. The van der Waals surface area contributed by atoms with E-state index in [1.807, 2.05) is 6.08 Å². The molecule has 0 saturated heterocycles. The summed E-state index contributed by atoms with van der Waals surface area (Å²) in [6.07, 6.45) is 6.71. The van der Waals surface area contributed by atoms with Crippen LogP contribution >= 0.6 is 11.6 Å². The van der Waals surface area contributed by atoms with Crippen LogP contribution in [-0.2, 0) is 19.1 Å². The van der Waals surface area contributed by atoms with Crippen LogP contribution in [-0.4, -0.2) is 29.0 Å². The summed E-state index contributed by atoms with van der Waals surface area (Å²) in [5.41, 5.74) is 0.678. The summed E-state index contributed by atoms with van der Waals surface area (Å²) < 4.78 is 5.84. The fourth-order valence-electron chi connectivity index (χ4n) is 7.95. The van der Waals surface area contributed by atoms with E-state index in [9.17, 15) is 14.4 Å². The van der Waals surface area contributed by atoms with Crippen molar-refractivity contribution in [3.63, 3.8) is 0 Å². The Labute approximate surface area is 184 Å². The SMILES string of the molecule is C=C1C[C@@H]2[C@H](CC[C@@]3(C)[C@H]2CC[C@]3(OC(C)=O)C(C)=O)[C@@]2(C)CC(CCl)C(=O)C=C12. The Balaban J connectivity index is 1.75. The molecular formula is C25H33ClO4. The molecule has 0 radical (unpaired) electrons. The second-order valence-electron chi connectivity index (χ2n) is 10.6. The van der Waals surface area contributed by atoms with Gasteiger partial charge in [-0.15, -0.1) is 11.6 Å². The maximum atomic E-state index is 12.8. The van der Waals surface area contributed by atoms with Crippen LogP contribution in [0.5, 0.6) is 0 Å². The summed E-state index contributed by atoms with van der Waals surface area (Å²) in [5.74, 6) is 1.02. The van der Waals surface area contributed by atoms with Gasteiger partial charge in [0.05, 0.1) is 0 Å². The van der Waals surface area contributed by atoms with E-state index in [1.54, 1.807) is 6.92 Å². The average Bonchev–Trinajstić information content (AvgIpc) is 2.96. The quantitative estimate of drug-likeness (QED) is 0.463. The van der Waals surface area contributed by atoms with Gasteiger partial charge in [0.25, 0.3) is 0 Å². The van der Waals surface area contributed by atoms with Crippen molar-refractivity contribution in [2.24, 2.45) is 34.5 Å². The summed E-state index contributed by atoms with van der Waals surface area (Å²) in [6.45, 7) is 11.8. The zero-order chi connectivity index (χ0) is 22.1. The van der Waals surface area contributed by atoms with Gasteiger partial charge in [-0.1, -0.05) is 26.0 Å². The molecule has 0 aromatic rings. The number of esters is 1. The standard InChI is InChI=1S/C25H33ClO4/c1-14-10-18-19(23(4)12-17(13-26)22(29)11-21(14)23)6-8-24(5)20(18)7-9-25(24,15(2)27)30-16(3)28/h11,17-20H,1,6-10,12-13H2,2-5H3/t17?,18-,19+,20+,23-,24+,25+/m1/s1. The van der Waals surface area contributed by atoms with E-state index in [4.69, 9.17) is 16.3 Å². The van der Waals surface area contributed by atoms with Gasteiger partial charge < -0.3 is 4.74 Å². The number of alkyl halides is 1. The molecule has 30 heavy (non-hydrogen) atoms. The third kappa shape index (κ3) is 2.75. The van der Waals surface area contributed by atoms with Crippen LogP contribution in [0.3, 0.4) is 0 Å². The molecule has 0 aromatic carbocycles. The van der Waals surface area contributed by atoms with Gasteiger partial charge in [-0.05, 0) is 80.3 Å². The first-order valence-corrected chi connectivity index (χ1v) is 11.7. The summed E-state index contributed by atoms with van der Waals surface area (Å²) in [4.78, 5) is 37.3. The van der Waals surface area contributed by atoms with E-state index in [2.05, 4.69) is 20.4 Å². The molecule has 0 amide bonds. The van der Waals surface area contributed by atoms with Crippen LogP contribution in [0.1, 0.15) is 66.2 Å². The minimum atomic E-state index is -1.02. The van der Waals surface area contributed by atoms with Gasteiger partial charge in [0.1, 0.15) is 0 Å². The summed E-state index contributed by atoms with van der Waals surface area (Å²) in [6, 6.07) is 0. The minimum Gasteiger partial charge on any atom is -0.451 e. The number of ketones is 2. The van der Waals surface area contributed by atoms with Crippen molar-refractivity contribution in [3.05, 3.63) is 23.8 Å². The van der Waals surface area contributed by atoms with E-state index < -0.39 is 5.60 Å². The molecule has 0 bridgehead atoms. The summed E-state index contributed by atoms with van der Waals surface area (Å²) >= 11 is 6.15. The van der Waals surface area contributed by atoms with Crippen molar-refractivity contribution in [1.82, 2.24) is 0 Å². The van der Waals surface area contributed by atoms with Crippen LogP contribution in [0.2, 0.25) is 0 Å². The first-order chi connectivity index (χ1) is 14.0. The zero-order valence-corrected chi connectivity index (χ0v) is 19.3. The fraction of sp³-hybridized carbons (Fsp3) is 0.720. The van der Waals surface area contributed by atoms with Gasteiger partial charge in [0.2, 0.25) is 0 Å². The number of carbonyl (C=O) groups excluding carboxylic acids is 3. The number of rotatable bonds is 3. The lowest BCUT2D eigenvalue weighted by atomic mass is 9.45. The number of ether oxygens (including phenoxy) is 1. The maximum Gasteiger partial charge on any atom is 0.303 e. The number of halogens is 1. The molecule has 164 valence electrons. The average molecular weight is 433 g/mol. The van der Waals surface area contributed by atoms with E-state index in [0.29, 0.717) is 30.1 Å². The third-order valence-corrected chi connectivity index (χ3v) is 9.66. The lowest BCUT2D eigenvalue weighted by Gasteiger charge is -2.60. The van der Waals surface area contributed by atoms with Gasteiger partial charge >= 0.3 is 5.97 Å². The Morgan fingerprint density at radius 1 is 1.20 bits per heavy atom. The molecule has 5 heteroatoms. The molecule has 0 heterocycles. The van der Waals surface area contributed by atoms with Crippen LogP contribution in [0, 0.1) is 34.5 Å². The molecule has 4 nitrogen and oxygen atoms in total. The number of hydrogen-bond acceptors (Lipinski definition) is 4. The summed E-state index contributed by atoms with van der Waals surface area (Å²) in [7, 11) is 0. The smallest absolute Gasteiger partial charge is 0.303 e. The first kappa shape index (κ1) is 21.8. The van der Waals surface area contributed by atoms with E-state index in [1.165, 1.54) is 6.92 Å². The first-order valence-electron chi connectivity index (χ1n) is 11.2. The van der Waals surface area contributed by atoms with Gasteiger partial charge in [0.15, 0.2) is 17.2 Å². The number of hydrogen-bond donors (Lipinski definition) is 0. The van der Waals surface area contributed by atoms with Gasteiger partial charge in [-0.3, -0.25) is 14.4 Å². The van der Waals surface area contributed by atoms with E-state index in [-0.39, 0.29) is 34.3 Å². The normalized spacial score (nSPS) is 45.2. The largest absolute Gasteiger partial charge is 0.451 e. The van der Waals surface area contributed by atoms with E-state index >= 15 is 0 Å². The Morgan fingerprint density at radius 2 is 1.87 bits per heavy atom. The maximum absolute atomic E-state index is 12.8. The van der Waals surface area contributed by atoms with Gasteiger partial charge in [-0.25, -0.2) is 0 Å². The zero-order valence-electron chi connectivity index (χ0n) is 18.6. The van der Waals surface area contributed by atoms with Crippen molar-refractivity contribution in [2.75, 3.05) is 5.88 Å². The Bertz CT molecular complexity index is 859.